The van der Waals surface area contributed by atoms with Gasteiger partial charge in [-0.2, -0.15) is 0 Å². The van der Waals surface area contributed by atoms with Gasteiger partial charge in [-0.05, 0) is 53.8 Å². The highest BCUT2D eigenvalue weighted by atomic mass is 16.4. The van der Waals surface area contributed by atoms with Crippen LogP contribution in [0.4, 0.5) is 5.82 Å². The molecule has 3 aromatic carbocycles. The van der Waals surface area contributed by atoms with E-state index in [-0.39, 0.29) is 0 Å². The van der Waals surface area contributed by atoms with Gasteiger partial charge in [-0.3, -0.25) is 9.69 Å². The van der Waals surface area contributed by atoms with Crippen molar-refractivity contribution in [2.24, 2.45) is 0 Å². The standard InChI is InChI=1S/C33H33N3O2/c37-32(38)33(28-15-6-4-13-26(28)27-14-5-7-16-29(27)33)19-8-9-20-35-21-23-36(24-22-35)31-18-10-17-30(34-31)25-11-2-1-3-12-25/h1-7,10-18H,8-9,19-24H2,(H,37,38). The van der Waals surface area contributed by atoms with E-state index < -0.39 is 11.4 Å². The molecule has 1 N–H and O–H groups in total. The zero-order chi connectivity index (χ0) is 26.0. The van der Waals surface area contributed by atoms with Crippen molar-refractivity contribution >= 4 is 11.8 Å². The maximum absolute atomic E-state index is 12.8. The Kier molecular flexibility index (Phi) is 6.69. The number of piperazine rings is 1. The van der Waals surface area contributed by atoms with E-state index in [4.69, 9.17) is 4.98 Å². The van der Waals surface area contributed by atoms with Crippen molar-refractivity contribution in [3.05, 3.63) is 108 Å². The van der Waals surface area contributed by atoms with Gasteiger partial charge in [0.2, 0.25) is 0 Å². The fourth-order valence-corrected chi connectivity index (χ4v) is 6.23. The minimum absolute atomic E-state index is 0.618. The number of unbranched alkanes of at least 4 members (excludes halogenated alkanes) is 1. The number of hydrogen-bond donors (Lipinski definition) is 1. The van der Waals surface area contributed by atoms with Crippen LogP contribution in [-0.2, 0) is 10.2 Å². The Balaban J connectivity index is 1.06. The van der Waals surface area contributed by atoms with Crippen molar-refractivity contribution in [1.82, 2.24) is 9.88 Å². The van der Waals surface area contributed by atoms with Crippen molar-refractivity contribution < 1.29 is 9.90 Å². The number of carboxylic acids is 1. The van der Waals surface area contributed by atoms with Gasteiger partial charge in [-0.1, -0.05) is 91.3 Å². The minimum atomic E-state index is -0.957. The second-order valence-electron chi connectivity index (χ2n) is 10.3. The first-order chi connectivity index (χ1) is 18.7. The smallest absolute Gasteiger partial charge is 0.318 e. The molecule has 0 radical (unpaired) electrons. The second kappa shape index (κ2) is 10.4. The Labute approximate surface area is 224 Å². The number of nitrogens with zero attached hydrogens (tertiary/aromatic N) is 3. The molecule has 0 spiro atoms. The number of carbonyl (C=O) groups is 1. The van der Waals surface area contributed by atoms with Gasteiger partial charge in [-0.15, -0.1) is 0 Å². The highest BCUT2D eigenvalue weighted by Crippen LogP contribution is 2.51. The summed E-state index contributed by atoms with van der Waals surface area (Å²) in [6.45, 7) is 4.88. The SMILES string of the molecule is O=C(O)C1(CCCCN2CCN(c3cccc(-c4ccccc4)n3)CC2)c2ccccc2-c2ccccc21. The summed E-state index contributed by atoms with van der Waals surface area (Å²) < 4.78 is 0. The fraction of sp³-hybridized carbons (Fsp3) is 0.273. The zero-order valence-corrected chi connectivity index (χ0v) is 21.6. The number of hydrogen-bond acceptors (Lipinski definition) is 4. The van der Waals surface area contributed by atoms with E-state index >= 15 is 0 Å². The van der Waals surface area contributed by atoms with Gasteiger partial charge in [0, 0.05) is 31.7 Å². The van der Waals surface area contributed by atoms with Gasteiger partial charge in [-0.25, -0.2) is 4.98 Å². The Morgan fingerprint density at radius 3 is 2.03 bits per heavy atom. The number of pyridine rings is 1. The number of fused-ring (bicyclic) bond motifs is 3. The number of aliphatic carboxylic acids is 1. The molecule has 0 atom stereocenters. The highest BCUT2D eigenvalue weighted by Gasteiger charge is 2.48. The Bertz CT molecular complexity index is 1380. The summed E-state index contributed by atoms with van der Waals surface area (Å²) in [5.74, 6) is 0.293. The van der Waals surface area contributed by atoms with E-state index in [1.807, 2.05) is 54.6 Å². The van der Waals surface area contributed by atoms with Crippen molar-refractivity contribution in [1.29, 1.82) is 0 Å². The quantitative estimate of drug-likeness (QED) is 0.295. The summed E-state index contributed by atoms with van der Waals surface area (Å²) >= 11 is 0. The number of carboxylic acid groups (broad SMARTS) is 1. The molecule has 2 heterocycles. The predicted molar refractivity (Wildman–Crippen MR) is 152 cm³/mol. The first kappa shape index (κ1) is 24.4. The second-order valence-corrected chi connectivity index (χ2v) is 10.3. The first-order valence-corrected chi connectivity index (χ1v) is 13.6. The predicted octanol–water partition coefficient (Wildman–Crippen LogP) is 6.09. The third kappa shape index (κ3) is 4.37. The third-order valence-corrected chi connectivity index (χ3v) is 8.21. The van der Waals surface area contributed by atoms with E-state index in [9.17, 15) is 9.90 Å². The molecule has 1 aliphatic carbocycles. The normalized spacial score (nSPS) is 16.2. The maximum atomic E-state index is 12.8. The lowest BCUT2D eigenvalue weighted by atomic mass is 9.74. The molecule has 0 saturated carbocycles. The van der Waals surface area contributed by atoms with Crippen LogP contribution in [-0.4, -0.2) is 53.7 Å². The topological polar surface area (TPSA) is 56.7 Å². The van der Waals surface area contributed by atoms with Crippen LogP contribution in [0.5, 0.6) is 0 Å². The van der Waals surface area contributed by atoms with Crippen molar-refractivity contribution in [2.45, 2.75) is 24.7 Å². The maximum Gasteiger partial charge on any atom is 0.318 e. The molecular weight excluding hydrogens is 470 g/mol. The van der Waals surface area contributed by atoms with E-state index in [1.165, 1.54) is 0 Å². The van der Waals surface area contributed by atoms with Crippen LogP contribution in [0.2, 0.25) is 0 Å². The molecule has 1 aliphatic heterocycles. The van der Waals surface area contributed by atoms with Crippen LogP contribution >= 0.6 is 0 Å². The van der Waals surface area contributed by atoms with Crippen LogP contribution in [0.3, 0.4) is 0 Å². The number of benzene rings is 3. The van der Waals surface area contributed by atoms with Crippen molar-refractivity contribution in [3.63, 3.8) is 0 Å². The van der Waals surface area contributed by atoms with E-state index in [0.717, 1.165) is 84.9 Å². The Morgan fingerprint density at radius 1 is 0.737 bits per heavy atom. The minimum Gasteiger partial charge on any atom is -0.480 e. The molecular formula is C33H33N3O2. The average molecular weight is 504 g/mol. The molecule has 4 aromatic rings. The molecule has 5 nitrogen and oxygen atoms in total. The molecule has 0 bridgehead atoms. The summed E-state index contributed by atoms with van der Waals surface area (Å²) in [6.07, 6.45) is 2.48. The zero-order valence-electron chi connectivity index (χ0n) is 21.6. The van der Waals surface area contributed by atoms with Crippen molar-refractivity contribution in [3.8, 4) is 22.4 Å². The highest BCUT2D eigenvalue weighted by molar-refractivity contribution is 5.97. The van der Waals surface area contributed by atoms with E-state index in [0.29, 0.717) is 6.42 Å². The van der Waals surface area contributed by atoms with Crippen LogP contribution in [0.25, 0.3) is 22.4 Å². The molecule has 38 heavy (non-hydrogen) atoms. The number of rotatable bonds is 8. The first-order valence-electron chi connectivity index (χ1n) is 13.6. The number of anilines is 1. The average Bonchev–Trinajstić information content (AvgIpc) is 3.27. The molecule has 2 aliphatic rings. The summed E-state index contributed by atoms with van der Waals surface area (Å²) in [5, 5.41) is 10.5. The van der Waals surface area contributed by atoms with Crippen LogP contribution in [0.15, 0.2) is 97.1 Å². The molecule has 5 heteroatoms. The molecule has 192 valence electrons. The van der Waals surface area contributed by atoms with Crippen LogP contribution in [0.1, 0.15) is 30.4 Å². The third-order valence-electron chi connectivity index (χ3n) is 8.21. The Hall–Kier alpha value is -3.96. The summed E-state index contributed by atoms with van der Waals surface area (Å²) in [7, 11) is 0. The Morgan fingerprint density at radius 2 is 1.37 bits per heavy atom. The van der Waals surface area contributed by atoms with Crippen LogP contribution < -0.4 is 4.90 Å². The largest absolute Gasteiger partial charge is 0.480 e. The van der Waals surface area contributed by atoms with E-state index in [2.05, 4.69) is 52.3 Å². The molecule has 6 rings (SSSR count). The molecule has 1 aromatic heterocycles. The summed E-state index contributed by atoms with van der Waals surface area (Å²) in [6, 6.07) is 32.6. The van der Waals surface area contributed by atoms with Crippen molar-refractivity contribution in [2.75, 3.05) is 37.6 Å². The van der Waals surface area contributed by atoms with E-state index in [1.54, 1.807) is 0 Å². The molecule has 1 fully saturated rings. The summed E-state index contributed by atoms with van der Waals surface area (Å²) in [5.41, 5.74) is 5.19. The lowest BCUT2D eigenvalue weighted by molar-refractivity contribution is -0.142. The van der Waals surface area contributed by atoms with Gasteiger partial charge in [0.25, 0.3) is 0 Å². The lowest BCUT2D eigenvalue weighted by Gasteiger charge is -2.35. The van der Waals surface area contributed by atoms with Gasteiger partial charge in [0.15, 0.2) is 0 Å². The monoisotopic (exact) mass is 503 g/mol. The fourth-order valence-electron chi connectivity index (χ4n) is 6.23. The summed E-state index contributed by atoms with van der Waals surface area (Å²) in [4.78, 5) is 22.6. The van der Waals surface area contributed by atoms with Gasteiger partial charge in [0.05, 0.1) is 5.69 Å². The number of aromatic nitrogens is 1. The van der Waals surface area contributed by atoms with Gasteiger partial charge >= 0.3 is 5.97 Å². The molecule has 1 saturated heterocycles. The molecule has 0 unspecified atom stereocenters. The van der Waals surface area contributed by atoms with Gasteiger partial charge < -0.3 is 10.0 Å². The van der Waals surface area contributed by atoms with Gasteiger partial charge in [0.1, 0.15) is 11.2 Å². The van der Waals surface area contributed by atoms with Crippen LogP contribution in [0, 0.1) is 0 Å². The lowest BCUT2D eigenvalue weighted by Crippen LogP contribution is -2.47. The molecule has 0 amide bonds.